The summed E-state index contributed by atoms with van der Waals surface area (Å²) in [6, 6.07) is 7.19. The van der Waals surface area contributed by atoms with Crippen LogP contribution in [-0.2, 0) is 4.74 Å². The van der Waals surface area contributed by atoms with E-state index in [2.05, 4.69) is 11.8 Å². The van der Waals surface area contributed by atoms with Crippen LogP contribution in [-0.4, -0.2) is 60.8 Å². The summed E-state index contributed by atoms with van der Waals surface area (Å²) >= 11 is 0. The molecule has 1 aliphatic heterocycles. The van der Waals surface area contributed by atoms with Crippen LogP contribution in [0.5, 0.6) is 5.75 Å². The van der Waals surface area contributed by atoms with Gasteiger partial charge in [0.15, 0.2) is 5.78 Å². The first-order chi connectivity index (χ1) is 11.1. The molecule has 128 valence electrons. The zero-order valence-corrected chi connectivity index (χ0v) is 14.1. The summed E-state index contributed by atoms with van der Waals surface area (Å²) in [6.07, 6.45) is 1.78. The topological polar surface area (TPSA) is 59.0 Å². The smallest absolute Gasteiger partial charge is 0.182 e. The minimum absolute atomic E-state index is 0.0215. The minimum atomic E-state index is -0.494. The van der Waals surface area contributed by atoms with E-state index in [0.717, 1.165) is 25.9 Å². The molecule has 23 heavy (non-hydrogen) atoms. The molecular formula is C18H27NO4. The Labute approximate surface area is 138 Å². The number of Topliss-reactive ketones (excluding diaryl/α,β-unsaturated/α-hetero) is 1. The Bertz CT molecular complexity index is 496. The average molecular weight is 321 g/mol. The fraction of sp³-hybridized carbons (Fsp3) is 0.611. The summed E-state index contributed by atoms with van der Waals surface area (Å²) in [6.45, 7) is 7.33. The SMILES string of the molecule is CCCC(C)(C(=O)c1ccc(OCCO)cc1)N1CCOCC1. The van der Waals surface area contributed by atoms with E-state index >= 15 is 0 Å². The van der Waals surface area contributed by atoms with E-state index in [1.807, 2.05) is 19.1 Å². The second-order valence-corrected chi connectivity index (χ2v) is 6.05. The molecule has 5 nitrogen and oxygen atoms in total. The first-order valence-electron chi connectivity index (χ1n) is 8.33. The predicted octanol–water partition coefficient (Wildman–Crippen LogP) is 2.13. The van der Waals surface area contributed by atoms with Crippen molar-refractivity contribution in [3.63, 3.8) is 0 Å². The number of nitrogens with zero attached hydrogens (tertiary/aromatic N) is 1. The number of hydrogen-bond acceptors (Lipinski definition) is 5. The van der Waals surface area contributed by atoms with Crippen LogP contribution in [0, 0.1) is 0 Å². The number of ether oxygens (including phenoxy) is 2. The van der Waals surface area contributed by atoms with Gasteiger partial charge >= 0.3 is 0 Å². The molecule has 0 amide bonds. The second kappa shape index (κ2) is 8.43. The van der Waals surface area contributed by atoms with Crippen molar-refractivity contribution in [2.75, 3.05) is 39.5 Å². The van der Waals surface area contributed by atoms with Crippen LogP contribution < -0.4 is 4.74 Å². The van der Waals surface area contributed by atoms with Crippen LogP contribution >= 0.6 is 0 Å². The number of carbonyl (C=O) groups is 1. The Morgan fingerprint density at radius 1 is 1.30 bits per heavy atom. The van der Waals surface area contributed by atoms with E-state index in [1.165, 1.54) is 0 Å². The zero-order chi connectivity index (χ0) is 16.7. The fourth-order valence-electron chi connectivity index (χ4n) is 3.14. The van der Waals surface area contributed by atoms with Crippen molar-refractivity contribution in [1.82, 2.24) is 4.90 Å². The molecule has 2 rings (SSSR count). The number of morpholine rings is 1. The van der Waals surface area contributed by atoms with Crippen molar-refractivity contribution < 1.29 is 19.4 Å². The van der Waals surface area contributed by atoms with E-state index < -0.39 is 5.54 Å². The Morgan fingerprint density at radius 3 is 2.52 bits per heavy atom. The lowest BCUT2D eigenvalue weighted by atomic mass is 9.85. The van der Waals surface area contributed by atoms with Crippen LogP contribution in [0.1, 0.15) is 37.0 Å². The third-order valence-electron chi connectivity index (χ3n) is 4.41. The molecule has 0 aromatic heterocycles. The molecule has 0 spiro atoms. The van der Waals surface area contributed by atoms with Crippen molar-refractivity contribution in [3.8, 4) is 5.75 Å². The Hall–Kier alpha value is -1.43. The average Bonchev–Trinajstić information content (AvgIpc) is 2.60. The van der Waals surface area contributed by atoms with Gasteiger partial charge in [-0.2, -0.15) is 0 Å². The normalized spacial score (nSPS) is 18.4. The molecular weight excluding hydrogens is 294 g/mol. The lowest BCUT2D eigenvalue weighted by Crippen LogP contribution is -2.56. The van der Waals surface area contributed by atoms with Gasteiger partial charge in [0.2, 0.25) is 0 Å². The molecule has 1 fully saturated rings. The van der Waals surface area contributed by atoms with Crippen LogP contribution in [0.25, 0.3) is 0 Å². The highest BCUT2D eigenvalue weighted by Crippen LogP contribution is 2.28. The molecule has 1 unspecified atom stereocenters. The van der Waals surface area contributed by atoms with E-state index in [0.29, 0.717) is 24.5 Å². The number of benzene rings is 1. The quantitative estimate of drug-likeness (QED) is 0.743. The van der Waals surface area contributed by atoms with Crippen LogP contribution in [0.3, 0.4) is 0 Å². The zero-order valence-electron chi connectivity index (χ0n) is 14.1. The first kappa shape index (κ1) is 17.9. The summed E-state index contributed by atoms with van der Waals surface area (Å²) in [5.41, 5.74) is 0.204. The first-order valence-corrected chi connectivity index (χ1v) is 8.33. The maximum absolute atomic E-state index is 13.1. The fourth-order valence-corrected chi connectivity index (χ4v) is 3.14. The summed E-state index contributed by atoms with van der Waals surface area (Å²) in [5.74, 6) is 0.814. The molecule has 5 heteroatoms. The maximum atomic E-state index is 13.1. The number of hydrogen-bond donors (Lipinski definition) is 1. The molecule has 1 heterocycles. The van der Waals surface area contributed by atoms with E-state index in [4.69, 9.17) is 14.6 Å². The number of aliphatic hydroxyl groups is 1. The molecule has 0 bridgehead atoms. The minimum Gasteiger partial charge on any atom is -0.491 e. The molecule has 1 saturated heterocycles. The highest BCUT2D eigenvalue weighted by molar-refractivity contribution is 6.03. The van der Waals surface area contributed by atoms with Crippen LogP contribution in [0.4, 0.5) is 0 Å². The Morgan fingerprint density at radius 2 is 1.96 bits per heavy atom. The van der Waals surface area contributed by atoms with Gasteiger partial charge in [0.1, 0.15) is 12.4 Å². The Balaban J connectivity index is 2.16. The van der Waals surface area contributed by atoms with Crippen LogP contribution in [0.15, 0.2) is 24.3 Å². The van der Waals surface area contributed by atoms with Gasteiger partial charge in [0.25, 0.3) is 0 Å². The monoisotopic (exact) mass is 321 g/mol. The van der Waals surface area contributed by atoms with E-state index in [-0.39, 0.29) is 19.0 Å². The molecule has 0 aliphatic carbocycles. The molecule has 0 radical (unpaired) electrons. The molecule has 1 aromatic rings. The van der Waals surface area contributed by atoms with Gasteiger partial charge in [-0.05, 0) is 37.6 Å². The largest absolute Gasteiger partial charge is 0.491 e. The van der Waals surface area contributed by atoms with Crippen molar-refractivity contribution >= 4 is 5.78 Å². The van der Waals surface area contributed by atoms with Crippen molar-refractivity contribution in [3.05, 3.63) is 29.8 Å². The summed E-state index contributed by atoms with van der Waals surface area (Å²) in [5, 5.41) is 8.79. The lowest BCUT2D eigenvalue weighted by molar-refractivity contribution is -0.0122. The molecule has 1 aromatic carbocycles. The maximum Gasteiger partial charge on any atom is 0.182 e. The van der Waals surface area contributed by atoms with Gasteiger partial charge in [-0.1, -0.05) is 13.3 Å². The summed E-state index contributed by atoms with van der Waals surface area (Å²) in [4.78, 5) is 15.4. The molecule has 0 saturated carbocycles. The highest BCUT2D eigenvalue weighted by atomic mass is 16.5. The summed E-state index contributed by atoms with van der Waals surface area (Å²) in [7, 11) is 0. The van der Waals surface area contributed by atoms with E-state index in [9.17, 15) is 4.79 Å². The van der Waals surface area contributed by atoms with Crippen molar-refractivity contribution in [2.24, 2.45) is 0 Å². The van der Waals surface area contributed by atoms with E-state index in [1.54, 1.807) is 12.1 Å². The lowest BCUT2D eigenvalue weighted by Gasteiger charge is -2.42. The number of aliphatic hydroxyl groups excluding tert-OH is 1. The molecule has 1 aliphatic rings. The predicted molar refractivity (Wildman–Crippen MR) is 89.1 cm³/mol. The van der Waals surface area contributed by atoms with Gasteiger partial charge < -0.3 is 14.6 Å². The third-order valence-corrected chi connectivity index (χ3v) is 4.41. The van der Waals surface area contributed by atoms with Gasteiger partial charge in [-0.15, -0.1) is 0 Å². The number of ketones is 1. The van der Waals surface area contributed by atoms with Gasteiger partial charge in [-0.3, -0.25) is 9.69 Å². The standard InChI is InChI=1S/C18H27NO4/c1-3-8-18(2,19-9-12-22-13-10-19)17(21)15-4-6-16(7-5-15)23-14-11-20/h4-7,20H,3,8-14H2,1-2H3. The van der Waals surface area contributed by atoms with Crippen molar-refractivity contribution in [1.29, 1.82) is 0 Å². The number of rotatable bonds is 8. The Kier molecular flexibility index (Phi) is 6.57. The number of carbonyl (C=O) groups excluding carboxylic acids is 1. The second-order valence-electron chi connectivity index (χ2n) is 6.05. The third kappa shape index (κ3) is 4.31. The molecule has 1 N–H and O–H groups in total. The van der Waals surface area contributed by atoms with Crippen LogP contribution in [0.2, 0.25) is 0 Å². The summed E-state index contributed by atoms with van der Waals surface area (Å²) < 4.78 is 10.8. The van der Waals surface area contributed by atoms with Gasteiger partial charge in [-0.25, -0.2) is 0 Å². The van der Waals surface area contributed by atoms with Gasteiger partial charge in [0, 0.05) is 18.7 Å². The molecule has 1 atom stereocenters. The van der Waals surface area contributed by atoms with Crippen molar-refractivity contribution in [2.45, 2.75) is 32.2 Å². The van der Waals surface area contributed by atoms with Gasteiger partial charge in [0.05, 0.1) is 25.4 Å². The highest BCUT2D eigenvalue weighted by Gasteiger charge is 2.39.